The van der Waals surface area contributed by atoms with Crippen LogP contribution < -0.4 is 0 Å². The summed E-state index contributed by atoms with van der Waals surface area (Å²) in [5.41, 5.74) is -0.236. The topological polar surface area (TPSA) is 65.0 Å². The molecule has 3 rings (SSSR count). The average molecular weight is 399 g/mol. The fourth-order valence-electron chi connectivity index (χ4n) is 3.69. The normalized spacial score (nSPS) is 23.1. The first-order chi connectivity index (χ1) is 11.5. The van der Waals surface area contributed by atoms with Crippen LogP contribution in [0.5, 0.6) is 0 Å². The molecule has 0 amide bonds. The summed E-state index contributed by atoms with van der Waals surface area (Å²) in [5, 5.41) is 11.0. The van der Waals surface area contributed by atoms with Crippen LogP contribution in [0.2, 0.25) is 0 Å². The van der Waals surface area contributed by atoms with E-state index in [4.69, 9.17) is 14.2 Å². The summed E-state index contributed by atoms with van der Waals surface area (Å²) in [6.07, 6.45) is 1.20. The molecule has 2 fully saturated rings. The van der Waals surface area contributed by atoms with E-state index in [-0.39, 0.29) is 5.97 Å². The van der Waals surface area contributed by atoms with Gasteiger partial charge in [0.1, 0.15) is 0 Å². The zero-order valence-corrected chi connectivity index (χ0v) is 15.4. The largest absolute Gasteiger partial charge is 0.465 e. The van der Waals surface area contributed by atoms with Gasteiger partial charge < -0.3 is 19.3 Å². The number of hydrogen-bond acceptors (Lipinski definition) is 5. The number of esters is 1. The highest BCUT2D eigenvalue weighted by Crippen LogP contribution is 2.51. The summed E-state index contributed by atoms with van der Waals surface area (Å²) in [6.45, 7) is 3.25. The maximum atomic E-state index is 12.7. The number of ether oxygens (including phenoxy) is 3. The molecular weight excluding hydrogens is 376 g/mol. The molecule has 1 aliphatic carbocycles. The van der Waals surface area contributed by atoms with Crippen molar-refractivity contribution in [2.45, 2.75) is 44.5 Å². The van der Waals surface area contributed by atoms with E-state index in [0.29, 0.717) is 45.5 Å². The molecule has 1 atom stereocenters. The van der Waals surface area contributed by atoms with E-state index in [1.54, 1.807) is 6.92 Å². The van der Waals surface area contributed by atoms with Gasteiger partial charge in [-0.05, 0) is 37.5 Å². The van der Waals surface area contributed by atoms with Gasteiger partial charge in [-0.15, -0.1) is 0 Å². The number of hydrogen-bond donors (Lipinski definition) is 1. The quantitative estimate of drug-likeness (QED) is 0.787. The van der Waals surface area contributed by atoms with Crippen molar-refractivity contribution in [3.8, 4) is 0 Å². The summed E-state index contributed by atoms with van der Waals surface area (Å²) in [6, 6.07) is 7.40. The maximum absolute atomic E-state index is 12.7. The molecule has 6 heteroatoms. The Kier molecular flexibility index (Phi) is 5.30. The molecule has 0 unspecified atom stereocenters. The molecule has 2 aliphatic rings. The van der Waals surface area contributed by atoms with Gasteiger partial charge in [-0.3, -0.25) is 4.79 Å². The Morgan fingerprint density at radius 1 is 1.21 bits per heavy atom. The van der Waals surface area contributed by atoms with E-state index >= 15 is 0 Å². The molecule has 0 aromatic heterocycles. The minimum absolute atomic E-state index is 0.297. The summed E-state index contributed by atoms with van der Waals surface area (Å²) in [4.78, 5) is 12.7. The van der Waals surface area contributed by atoms with Crippen molar-refractivity contribution in [1.29, 1.82) is 0 Å². The van der Waals surface area contributed by atoms with E-state index in [1.807, 2.05) is 24.3 Å². The highest BCUT2D eigenvalue weighted by Gasteiger charge is 2.54. The summed E-state index contributed by atoms with van der Waals surface area (Å²) >= 11 is 3.39. The first-order valence-electron chi connectivity index (χ1n) is 8.40. The molecule has 1 aromatic rings. The number of halogens is 1. The summed E-state index contributed by atoms with van der Waals surface area (Å²) in [7, 11) is 0. The van der Waals surface area contributed by atoms with Crippen LogP contribution in [0.1, 0.15) is 44.3 Å². The molecule has 0 bridgehead atoms. The van der Waals surface area contributed by atoms with Gasteiger partial charge in [0.25, 0.3) is 0 Å². The third-order valence-electron chi connectivity index (χ3n) is 5.11. The van der Waals surface area contributed by atoms with Crippen LogP contribution in [-0.2, 0) is 19.0 Å². The molecular formula is C18H23BrO5. The molecule has 1 saturated carbocycles. The molecule has 1 N–H and O–H groups in total. The van der Waals surface area contributed by atoms with E-state index in [1.165, 1.54) is 0 Å². The zero-order chi connectivity index (χ0) is 17.2. The first-order valence-corrected chi connectivity index (χ1v) is 9.19. The molecule has 1 aromatic carbocycles. The van der Waals surface area contributed by atoms with Gasteiger partial charge >= 0.3 is 5.97 Å². The van der Waals surface area contributed by atoms with Crippen LogP contribution in [0.25, 0.3) is 0 Å². The van der Waals surface area contributed by atoms with Crippen molar-refractivity contribution < 1.29 is 24.1 Å². The van der Waals surface area contributed by atoms with E-state index in [0.717, 1.165) is 10.0 Å². The number of carbonyl (C=O) groups is 1. The van der Waals surface area contributed by atoms with Crippen LogP contribution in [0.4, 0.5) is 0 Å². The fourth-order valence-corrected chi connectivity index (χ4v) is 3.96. The lowest BCUT2D eigenvalue weighted by Crippen LogP contribution is -2.47. The predicted molar refractivity (Wildman–Crippen MR) is 91.3 cm³/mol. The van der Waals surface area contributed by atoms with Crippen molar-refractivity contribution >= 4 is 21.9 Å². The molecule has 1 aliphatic heterocycles. The lowest BCUT2D eigenvalue weighted by molar-refractivity contribution is -0.210. The molecule has 0 radical (unpaired) electrons. The van der Waals surface area contributed by atoms with Crippen LogP contribution in [0.15, 0.2) is 28.7 Å². The number of aliphatic hydroxyl groups is 1. The van der Waals surface area contributed by atoms with Gasteiger partial charge in [0.15, 0.2) is 5.79 Å². The highest BCUT2D eigenvalue weighted by atomic mass is 79.9. The Hall–Kier alpha value is -0.950. The molecule has 1 spiro atoms. The third kappa shape index (κ3) is 3.25. The van der Waals surface area contributed by atoms with Gasteiger partial charge in [-0.1, -0.05) is 28.1 Å². The van der Waals surface area contributed by atoms with Gasteiger partial charge in [-0.2, -0.15) is 0 Å². The fraction of sp³-hybridized carbons (Fsp3) is 0.611. The van der Waals surface area contributed by atoms with E-state index in [9.17, 15) is 9.90 Å². The summed E-state index contributed by atoms with van der Waals surface area (Å²) in [5.74, 6) is -0.927. The number of aliphatic hydroxyl groups excluding tert-OH is 1. The van der Waals surface area contributed by atoms with Gasteiger partial charge in [0.2, 0.25) is 0 Å². The average Bonchev–Trinajstić information content (AvgIpc) is 3.04. The number of rotatable bonds is 4. The molecule has 132 valence electrons. The molecule has 5 nitrogen and oxygen atoms in total. The smallest absolute Gasteiger partial charge is 0.315 e. The van der Waals surface area contributed by atoms with Crippen LogP contribution in [0.3, 0.4) is 0 Å². The SMILES string of the molecule is CCOC(=O)C1([C@@H](O)c2ccc(Br)cc2)CCC2(CC1)OCCO2. The van der Waals surface area contributed by atoms with Gasteiger partial charge in [-0.25, -0.2) is 0 Å². The molecule has 24 heavy (non-hydrogen) atoms. The van der Waals surface area contributed by atoms with Crippen LogP contribution >= 0.6 is 15.9 Å². The lowest BCUT2D eigenvalue weighted by atomic mass is 9.66. The zero-order valence-electron chi connectivity index (χ0n) is 13.8. The Morgan fingerprint density at radius 3 is 2.33 bits per heavy atom. The van der Waals surface area contributed by atoms with Crippen molar-refractivity contribution in [2.24, 2.45) is 5.41 Å². The van der Waals surface area contributed by atoms with E-state index in [2.05, 4.69) is 15.9 Å². The molecule has 1 heterocycles. The Bertz CT molecular complexity index is 570. The predicted octanol–water partition coefficient (Wildman–Crippen LogP) is 3.35. The number of carbonyl (C=O) groups excluding carboxylic acids is 1. The van der Waals surface area contributed by atoms with Gasteiger partial charge in [0, 0.05) is 17.3 Å². The van der Waals surface area contributed by atoms with Crippen LogP contribution in [-0.4, -0.2) is 36.7 Å². The van der Waals surface area contributed by atoms with Crippen molar-refractivity contribution in [2.75, 3.05) is 19.8 Å². The highest BCUT2D eigenvalue weighted by molar-refractivity contribution is 9.10. The monoisotopic (exact) mass is 398 g/mol. The second-order valence-corrected chi connectivity index (χ2v) is 7.35. The second-order valence-electron chi connectivity index (χ2n) is 6.44. The minimum atomic E-state index is -0.954. The Labute approximate surface area is 150 Å². The standard InChI is InChI=1S/C18H23BrO5/c1-2-22-16(21)17(15(20)13-3-5-14(19)6-4-13)7-9-18(10-8-17)23-11-12-24-18/h3-6,15,20H,2,7-12H2,1H3/t15-/m0/s1. The van der Waals surface area contributed by atoms with Crippen LogP contribution in [0, 0.1) is 5.41 Å². The van der Waals surface area contributed by atoms with Gasteiger partial charge in [0.05, 0.1) is 31.3 Å². The van der Waals surface area contributed by atoms with Crippen molar-refractivity contribution in [3.05, 3.63) is 34.3 Å². The Morgan fingerprint density at radius 2 is 1.79 bits per heavy atom. The summed E-state index contributed by atoms with van der Waals surface area (Å²) < 4.78 is 17.7. The van der Waals surface area contributed by atoms with Crippen molar-refractivity contribution in [3.63, 3.8) is 0 Å². The van der Waals surface area contributed by atoms with Crippen molar-refractivity contribution in [1.82, 2.24) is 0 Å². The maximum Gasteiger partial charge on any atom is 0.315 e. The Balaban J connectivity index is 1.86. The molecule has 1 saturated heterocycles. The van der Waals surface area contributed by atoms with E-state index < -0.39 is 17.3 Å². The minimum Gasteiger partial charge on any atom is -0.465 e. The second kappa shape index (κ2) is 7.12. The third-order valence-corrected chi connectivity index (χ3v) is 5.64. The number of benzene rings is 1. The first kappa shape index (κ1) is 17.9. The lowest BCUT2D eigenvalue weighted by Gasteiger charge is -2.44.